The number of fused-ring (bicyclic) bond motifs is 1. The fourth-order valence-corrected chi connectivity index (χ4v) is 3.22. The number of benzene rings is 1. The quantitative estimate of drug-likeness (QED) is 0.783. The van der Waals surface area contributed by atoms with Gasteiger partial charge in [0.25, 0.3) is 0 Å². The number of rotatable bonds is 5. The second-order valence-corrected chi connectivity index (χ2v) is 6.03. The molecule has 112 valence electrons. The molecule has 0 amide bonds. The average Bonchev–Trinajstić information content (AvgIpc) is 3.09. The minimum absolute atomic E-state index is 0.0853. The number of nitrogens with zero attached hydrogens (tertiary/aromatic N) is 3. The van der Waals surface area contributed by atoms with Gasteiger partial charge in [-0.1, -0.05) is 12.1 Å². The van der Waals surface area contributed by atoms with E-state index >= 15 is 0 Å². The summed E-state index contributed by atoms with van der Waals surface area (Å²) < 4.78 is 2.82. The zero-order chi connectivity index (χ0) is 15.5. The van der Waals surface area contributed by atoms with E-state index in [0.717, 1.165) is 26.4 Å². The third kappa shape index (κ3) is 3.23. The zero-order valence-electron chi connectivity index (χ0n) is 12.1. The molecule has 0 fully saturated rings. The van der Waals surface area contributed by atoms with Gasteiger partial charge in [-0.05, 0) is 30.2 Å². The van der Waals surface area contributed by atoms with Gasteiger partial charge in [-0.3, -0.25) is 9.48 Å². The Morgan fingerprint density at radius 3 is 2.86 bits per heavy atom. The van der Waals surface area contributed by atoms with Crippen LogP contribution in [0.3, 0.4) is 0 Å². The van der Waals surface area contributed by atoms with Crippen LogP contribution in [0, 0.1) is 0 Å². The van der Waals surface area contributed by atoms with Gasteiger partial charge in [-0.15, -0.1) is 11.3 Å². The van der Waals surface area contributed by atoms with Gasteiger partial charge >= 0.3 is 5.97 Å². The highest BCUT2D eigenvalue weighted by atomic mass is 32.1. The highest BCUT2D eigenvalue weighted by molar-refractivity contribution is 7.19. The van der Waals surface area contributed by atoms with Crippen molar-refractivity contribution in [3.05, 3.63) is 47.2 Å². The second kappa shape index (κ2) is 6.11. The van der Waals surface area contributed by atoms with Crippen molar-refractivity contribution < 1.29 is 9.90 Å². The Kier molecular flexibility index (Phi) is 4.02. The summed E-state index contributed by atoms with van der Waals surface area (Å²) in [5, 5.41) is 14.0. The zero-order valence-corrected chi connectivity index (χ0v) is 12.9. The topological polar surface area (TPSA) is 68.0 Å². The standard InChI is InChI=1S/C16H15N3O2S/c1-19-10-11(9-17-19)8-12(6-7-15(20)21)16-18-13-4-2-3-5-14(13)22-16/h2-5,8-10H,6-7H2,1H3,(H,20,21). The van der Waals surface area contributed by atoms with E-state index in [0.29, 0.717) is 6.42 Å². The van der Waals surface area contributed by atoms with Crippen molar-refractivity contribution in [1.82, 2.24) is 14.8 Å². The summed E-state index contributed by atoms with van der Waals surface area (Å²) in [5.41, 5.74) is 2.81. The Morgan fingerprint density at radius 2 is 2.18 bits per heavy atom. The molecule has 0 saturated carbocycles. The Bertz CT molecular complexity index is 815. The van der Waals surface area contributed by atoms with E-state index in [1.807, 2.05) is 43.6 Å². The summed E-state index contributed by atoms with van der Waals surface area (Å²) in [4.78, 5) is 15.5. The molecule has 5 nitrogen and oxygen atoms in total. The van der Waals surface area contributed by atoms with E-state index in [1.165, 1.54) is 0 Å². The highest BCUT2D eigenvalue weighted by Gasteiger charge is 2.11. The van der Waals surface area contributed by atoms with Gasteiger partial charge in [-0.25, -0.2) is 4.98 Å². The maximum absolute atomic E-state index is 10.9. The highest BCUT2D eigenvalue weighted by Crippen LogP contribution is 2.30. The van der Waals surface area contributed by atoms with Crippen molar-refractivity contribution in [1.29, 1.82) is 0 Å². The van der Waals surface area contributed by atoms with Crippen molar-refractivity contribution in [3.8, 4) is 0 Å². The monoisotopic (exact) mass is 313 g/mol. The molecule has 1 N–H and O–H groups in total. The largest absolute Gasteiger partial charge is 0.481 e. The molecular formula is C16H15N3O2S. The van der Waals surface area contributed by atoms with Gasteiger partial charge in [0.05, 0.1) is 16.4 Å². The minimum atomic E-state index is -0.807. The number of hydrogen-bond donors (Lipinski definition) is 1. The molecule has 2 aromatic heterocycles. The first kappa shape index (κ1) is 14.5. The Hall–Kier alpha value is -2.47. The number of aliphatic carboxylic acids is 1. The van der Waals surface area contributed by atoms with E-state index in [9.17, 15) is 4.79 Å². The first-order valence-electron chi connectivity index (χ1n) is 6.89. The number of carbonyl (C=O) groups is 1. The van der Waals surface area contributed by atoms with E-state index in [4.69, 9.17) is 5.11 Å². The number of para-hydroxylation sites is 1. The van der Waals surface area contributed by atoms with Crippen LogP contribution < -0.4 is 0 Å². The van der Waals surface area contributed by atoms with Crippen LogP contribution in [-0.2, 0) is 11.8 Å². The Morgan fingerprint density at radius 1 is 1.36 bits per heavy atom. The number of allylic oxidation sites excluding steroid dienone is 1. The fourth-order valence-electron chi connectivity index (χ4n) is 2.21. The number of hydrogen-bond acceptors (Lipinski definition) is 4. The molecule has 22 heavy (non-hydrogen) atoms. The number of aryl methyl sites for hydroxylation is 1. The van der Waals surface area contributed by atoms with Gasteiger partial charge in [0.15, 0.2) is 0 Å². The number of carboxylic acid groups (broad SMARTS) is 1. The third-order valence-corrected chi connectivity index (χ3v) is 4.35. The van der Waals surface area contributed by atoms with E-state index in [2.05, 4.69) is 10.1 Å². The SMILES string of the molecule is Cn1cc(C=C(CCC(=O)O)c2nc3ccccc3s2)cn1. The molecule has 1 aromatic carbocycles. The van der Waals surface area contributed by atoms with Crippen LogP contribution in [0.4, 0.5) is 0 Å². The summed E-state index contributed by atoms with van der Waals surface area (Å²) in [7, 11) is 1.85. The lowest BCUT2D eigenvalue weighted by Crippen LogP contribution is -1.95. The summed E-state index contributed by atoms with van der Waals surface area (Å²) in [5.74, 6) is -0.807. The van der Waals surface area contributed by atoms with E-state index in [1.54, 1.807) is 22.2 Å². The van der Waals surface area contributed by atoms with E-state index < -0.39 is 5.97 Å². The number of carboxylic acids is 1. The number of thiazole rings is 1. The maximum Gasteiger partial charge on any atom is 0.303 e. The minimum Gasteiger partial charge on any atom is -0.481 e. The van der Waals surface area contributed by atoms with Crippen molar-refractivity contribution in [2.75, 3.05) is 0 Å². The lowest BCUT2D eigenvalue weighted by atomic mass is 10.1. The molecule has 6 heteroatoms. The van der Waals surface area contributed by atoms with Crippen molar-refractivity contribution in [3.63, 3.8) is 0 Å². The molecule has 3 aromatic rings. The lowest BCUT2D eigenvalue weighted by Gasteiger charge is -2.01. The smallest absolute Gasteiger partial charge is 0.303 e. The maximum atomic E-state index is 10.9. The molecule has 0 radical (unpaired) electrons. The van der Waals surface area contributed by atoms with Crippen LogP contribution in [0.25, 0.3) is 21.9 Å². The van der Waals surface area contributed by atoms with Crippen molar-refractivity contribution in [2.24, 2.45) is 7.05 Å². The van der Waals surface area contributed by atoms with Crippen LogP contribution >= 0.6 is 11.3 Å². The molecule has 0 aliphatic rings. The molecule has 3 rings (SSSR count). The summed E-state index contributed by atoms with van der Waals surface area (Å²) in [6.07, 6.45) is 6.15. The van der Waals surface area contributed by atoms with Gasteiger partial charge in [0.1, 0.15) is 5.01 Å². The van der Waals surface area contributed by atoms with Gasteiger partial charge in [0, 0.05) is 25.2 Å². The molecule has 0 aliphatic heterocycles. The Balaban J connectivity index is 1.99. The van der Waals surface area contributed by atoms with Gasteiger partial charge in [-0.2, -0.15) is 5.10 Å². The predicted molar refractivity (Wildman–Crippen MR) is 87.6 cm³/mol. The predicted octanol–water partition coefficient (Wildman–Crippen LogP) is 3.44. The van der Waals surface area contributed by atoms with Crippen LogP contribution in [0.1, 0.15) is 23.4 Å². The molecule has 0 spiro atoms. The van der Waals surface area contributed by atoms with Crippen molar-refractivity contribution >= 4 is 39.2 Å². The second-order valence-electron chi connectivity index (χ2n) is 5.00. The first-order chi connectivity index (χ1) is 10.6. The van der Waals surface area contributed by atoms with E-state index in [-0.39, 0.29) is 6.42 Å². The molecule has 0 saturated heterocycles. The molecule has 0 atom stereocenters. The van der Waals surface area contributed by atoms with Gasteiger partial charge < -0.3 is 5.11 Å². The summed E-state index contributed by atoms with van der Waals surface area (Å²) in [6.45, 7) is 0. The first-order valence-corrected chi connectivity index (χ1v) is 7.70. The molecule has 0 unspecified atom stereocenters. The lowest BCUT2D eigenvalue weighted by molar-refractivity contribution is -0.136. The fraction of sp³-hybridized carbons (Fsp3) is 0.188. The summed E-state index contributed by atoms with van der Waals surface area (Å²) >= 11 is 1.58. The number of aromatic nitrogens is 3. The molecule has 2 heterocycles. The van der Waals surface area contributed by atoms with Gasteiger partial charge in [0.2, 0.25) is 0 Å². The van der Waals surface area contributed by atoms with Crippen molar-refractivity contribution in [2.45, 2.75) is 12.8 Å². The summed E-state index contributed by atoms with van der Waals surface area (Å²) in [6, 6.07) is 7.92. The van der Waals surface area contributed by atoms with Crippen LogP contribution in [0.5, 0.6) is 0 Å². The third-order valence-electron chi connectivity index (χ3n) is 3.24. The molecular weight excluding hydrogens is 298 g/mol. The van der Waals surface area contributed by atoms with Crippen LogP contribution in [0.2, 0.25) is 0 Å². The van der Waals surface area contributed by atoms with Crippen LogP contribution in [-0.4, -0.2) is 25.8 Å². The average molecular weight is 313 g/mol. The molecule has 0 aliphatic carbocycles. The van der Waals surface area contributed by atoms with Crippen LogP contribution in [0.15, 0.2) is 36.7 Å². The molecule has 0 bridgehead atoms. The normalized spacial score (nSPS) is 12.0. The Labute approximate surface area is 131 Å².